The Kier molecular flexibility index (Phi) is 10.0. The molecule has 0 aromatic heterocycles. The SMILES string of the molecule is CC(C)CC(NC(=O)C(N)CC(=O)O)C(=O)N1CCCC1C(=O)NC(CC(=O)O)C(=O)O. The Hall–Kier alpha value is -3.22. The molecule has 4 unspecified atom stereocenters. The lowest BCUT2D eigenvalue weighted by atomic mass is 10.0. The summed E-state index contributed by atoms with van der Waals surface area (Å²) in [6, 6.07) is -5.11. The molecular formula is C19H30N4O9. The third-order valence-electron chi connectivity index (χ3n) is 4.88. The number of likely N-dealkylation sites (tertiary alicyclic amines) is 1. The molecule has 0 aliphatic carbocycles. The standard InChI is InChI=1S/C19H30N4O9/c1-9(2)6-11(21-16(28)10(20)7-14(24)25)18(30)23-5-3-4-13(23)17(29)22-12(19(31)32)8-15(26)27/h9-13H,3-8,20H2,1-2H3,(H,21,28)(H,22,29)(H,24,25)(H,26,27)(H,31,32). The van der Waals surface area contributed by atoms with Crippen molar-refractivity contribution in [3.8, 4) is 0 Å². The van der Waals surface area contributed by atoms with Crippen LogP contribution in [0.1, 0.15) is 46.0 Å². The second-order valence-corrected chi connectivity index (χ2v) is 8.08. The van der Waals surface area contributed by atoms with Crippen LogP contribution in [-0.2, 0) is 28.8 Å². The lowest BCUT2D eigenvalue weighted by Crippen LogP contribution is -2.57. The Morgan fingerprint density at radius 1 is 0.969 bits per heavy atom. The summed E-state index contributed by atoms with van der Waals surface area (Å²) in [5.41, 5.74) is 5.56. The number of rotatable bonds is 12. The predicted octanol–water partition coefficient (Wildman–Crippen LogP) is -1.65. The quantitative estimate of drug-likeness (QED) is 0.196. The zero-order chi connectivity index (χ0) is 24.6. The Labute approximate surface area is 184 Å². The van der Waals surface area contributed by atoms with Gasteiger partial charge in [0.05, 0.1) is 18.9 Å². The molecule has 1 aliphatic heterocycles. The largest absolute Gasteiger partial charge is 0.481 e. The summed E-state index contributed by atoms with van der Waals surface area (Å²) in [6.45, 7) is 3.79. The zero-order valence-electron chi connectivity index (χ0n) is 17.9. The lowest BCUT2D eigenvalue weighted by Gasteiger charge is -2.30. The Bertz CT molecular complexity index is 755. The van der Waals surface area contributed by atoms with Crippen LogP contribution in [0.2, 0.25) is 0 Å². The van der Waals surface area contributed by atoms with Gasteiger partial charge >= 0.3 is 17.9 Å². The van der Waals surface area contributed by atoms with Crippen LogP contribution in [0, 0.1) is 5.92 Å². The van der Waals surface area contributed by atoms with E-state index in [1.165, 1.54) is 4.90 Å². The third kappa shape index (κ3) is 8.13. The number of carboxylic acid groups (broad SMARTS) is 3. The zero-order valence-corrected chi connectivity index (χ0v) is 17.9. The number of carboxylic acids is 3. The second kappa shape index (κ2) is 12.0. The van der Waals surface area contributed by atoms with Gasteiger partial charge in [-0.1, -0.05) is 13.8 Å². The van der Waals surface area contributed by atoms with Gasteiger partial charge in [-0.25, -0.2) is 4.79 Å². The number of aliphatic carboxylic acids is 3. The summed E-state index contributed by atoms with van der Waals surface area (Å²) >= 11 is 0. The van der Waals surface area contributed by atoms with Gasteiger partial charge < -0.3 is 36.6 Å². The molecule has 1 rings (SSSR count). The van der Waals surface area contributed by atoms with Gasteiger partial charge in [0.2, 0.25) is 17.7 Å². The highest BCUT2D eigenvalue weighted by Crippen LogP contribution is 2.21. The Balaban J connectivity index is 2.96. The van der Waals surface area contributed by atoms with Crippen molar-refractivity contribution in [1.82, 2.24) is 15.5 Å². The number of nitrogens with two attached hydrogens (primary N) is 1. The van der Waals surface area contributed by atoms with E-state index in [2.05, 4.69) is 10.6 Å². The first-order valence-electron chi connectivity index (χ1n) is 10.2. The maximum Gasteiger partial charge on any atom is 0.326 e. The number of carbonyl (C=O) groups excluding carboxylic acids is 3. The molecule has 0 aromatic rings. The minimum absolute atomic E-state index is 0.0400. The second-order valence-electron chi connectivity index (χ2n) is 8.08. The van der Waals surface area contributed by atoms with Crippen LogP contribution >= 0.6 is 0 Å². The number of nitrogens with one attached hydrogen (secondary N) is 2. The van der Waals surface area contributed by atoms with Crippen molar-refractivity contribution in [2.75, 3.05) is 6.54 Å². The van der Waals surface area contributed by atoms with E-state index in [-0.39, 0.29) is 25.3 Å². The summed E-state index contributed by atoms with van der Waals surface area (Å²) in [7, 11) is 0. The topological polar surface area (TPSA) is 216 Å². The number of hydrogen-bond acceptors (Lipinski definition) is 7. The minimum Gasteiger partial charge on any atom is -0.481 e. The molecule has 1 aliphatic rings. The maximum atomic E-state index is 13.1. The number of hydrogen-bond donors (Lipinski definition) is 6. The summed E-state index contributed by atoms with van der Waals surface area (Å²) in [5.74, 6) is -6.45. The van der Waals surface area contributed by atoms with E-state index in [0.717, 1.165) is 0 Å². The minimum atomic E-state index is -1.65. The molecular weight excluding hydrogens is 428 g/mol. The highest BCUT2D eigenvalue weighted by Gasteiger charge is 2.39. The molecule has 1 fully saturated rings. The molecule has 0 bridgehead atoms. The van der Waals surface area contributed by atoms with Gasteiger partial charge in [0.15, 0.2) is 0 Å². The van der Waals surface area contributed by atoms with Gasteiger partial charge in [-0.2, -0.15) is 0 Å². The van der Waals surface area contributed by atoms with Gasteiger partial charge in [0, 0.05) is 6.54 Å². The van der Waals surface area contributed by atoms with Gasteiger partial charge in [-0.05, 0) is 25.2 Å². The van der Waals surface area contributed by atoms with Crippen molar-refractivity contribution in [1.29, 1.82) is 0 Å². The molecule has 3 amide bonds. The van der Waals surface area contributed by atoms with Crippen LogP contribution in [0.25, 0.3) is 0 Å². The molecule has 13 nitrogen and oxygen atoms in total. The van der Waals surface area contributed by atoms with Gasteiger partial charge in [0.25, 0.3) is 0 Å². The number of amides is 3. The molecule has 1 heterocycles. The highest BCUT2D eigenvalue weighted by atomic mass is 16.4. The fourth-order valence-corrected chi connectivity index (χ4v) is 3.40. The van der Waals surface area contributed by atoms with E-state index < -0.39 is 72.6 Å². The number of nitrogens with zero attached hydrogens (tertiary/aromatic N) is 1. The predicted molar refractivity (Wildman–Crippen MR) is 108 cm³/mol. The van der Waals surface area contributed by atoms with Crippen LogP contribution in [0.3, 0.4) is 0 Å². The molecule has 13 heteroatoms. The normalized spacial score (nSPS) is 18.5. The van der Waals surface area contributed by atoms with Crippen molar-refractivity contribution in [2.24, 2.45) is 11.7 Å². The van der Waals surface area contributed by atoms with E-state index in [0.29, 0.717) is 6.42 Å². The van der Waals surface area contributed by atoms with Crippen LogP contribution in [-0.4, -0.2) is 86.6 Å². The molecule has 0 radical (unpaired) electrons. The molecule has 180 valence electrons. The molecule has 1 saturated heterocycles. The van der Waals surface area contributed by atoms with Gasteiger partial charge in [-0.3, -0.25) is 24.0 Å². The first kappa shape index (κ1) is 26.8. The van der Waals surface area contributed by atoms with Crippen LogP contribution < -0.4 is 16.4 Å². The average molecular weight is 458 g/mol. The molecule has 0 spiro atoms. The molecule has 0 aromatic carbocycles. The van der Waals surface area contributed by atoms with Crippen LogP contribution in [0.5, 0.6) is 0 Å². The van der Waals surface area contributed by atoms with Crippen molar-refractivity contribution in [2.45, 2.75) is 70.1 Å². The fourth-order valence-electron chi connectivity index (χ4n) is 3.40. The maximum absolute atomic E-state index is 13.1. The summed E-state index contributed by atoms with van der Waals surface area (Å²) in [6.07, 6.45) is -0.566. The molecule has 0 saturated carbocycles. The Morgan fingerprint density at radius 3 is 2.06 bits per heavy atom. The third-order valence-corrected chi connectivity index (χ3v) is 4.88. The van der Waals surface area contributed by atoms with Crippen molar-refractivity contribution in [3.63, 3.8) is 0 Å². The summed E-state index contributed by atoms with van der Waals surface area (Å²) in [4.78, 5) is 72.1. The van der Waals surface area contributed by atoms with E-state index >= 15 is 0 Å². The number of carbonyl (C=O) groups is 6. The van der Waals surface area contributed by atoms with E-state index in [1.54, 1.807) is 13.8 Å². The van der Waals surface area contributed by atoms with Gasteiger partial charge in [0.1, 0.15) is 18.1 Å². The molecule has 32 heavy (non-hydrogen) atoms. The van der Waals surface area contributed by atoms with Crippen molar-refractivity contribution >= 4 is 35.6 Å². The van der Waals surface area contributed by atoms with Crippen molar-refractivity contribution in [3.05, 3.63) is 0 Å². The van der Waals surface area contributed by atoms with E-state index in [9.17, 15) is 28.8 Å². The summed E-state index contributed by atoms with van der Waals surface area (Å²) < 4.78 is 0. The summed E-state index contributed by atoms with van der Waals surface area (Å²) in [5, 5.41) is 31.4. The van der Waals surface area contributed by atoms with Crippen molar-refractivity contribution < 1.29 is 44.1 Å². The monoisotopic (exact) mass is 458 g/mol. The Morgan fingerprint density at radius 2 is 1.56 bits per heavy atom. The van der Waals surface area contributed by atoms with E-state index in [4.69, 9.17) is 21.1 Å². The van der Waals surface area contributed by atoms with Crippen LogP contribution in [0.4, 0.5) is 0 Å². The lowest BCUT2D eigenvalue weighted by molar-refractivity contribution is -0.148. The first-order valence-corrected chi connectivity index (χ1v) is 10.2. The molecule has 4 atom stereocenters. The van der Waals surface area contributed by atoms with Gasteiger partial charge in [-0.15, -0.1) is 0 Å². The molecule has 7 N–H and O–H groups in total. The highest BCUT2D eigenvalue weighted by molar-refractivity contribution is 5.95. The van der Waals surface area contributed by atoms with E-state index in [1.807, 2.05) is 0 Å². The fraction of sp³-hybridized carbons (Fsp3) is 0.684. The van der Waals surface area contributed by atoms with Crippen LogP contribution in [0.15, 0.2) is 0 Å². The average Bonchev–Trinajstić information content (AvgIpc) is 3.14. The smallest absolute Gasteiger partial charge is 0.326 e. The first-order chi connectivity index (χ1) is 14.8.